The van der Waals surface area contributed by atoms with E-state index in [2.05, 4.69) is 6.07 Å². The Balaban J connectivity index is 3.12. The van der Waals surface area contributed by atoms with E-state index in [9.17, 15) is 10.1 Å². The maximum absolute atomic E-state index is 11.2. The molecule has 0 bridgehead atoms. The fourth-order valence-corrected chi connectivity index (χ4v) is 2.06. The van der Waals surface area contributed by atoms with Gasteiger partial charge in [0.25, 0.3) is 0 Å². The molecule has 0 saturated heterocycles. The van der Waals surface area contributed by atoms with Gasteiger partial charge >= 0.3 is 5.97 Å². The van der Waals surface area contributed by atoms with Gasteiger partial charge in [-0.3, -0.25) is 4.79 Å². The zero-order valence-electron chi connectivity index (χ0n) is 11.8. The minimum absolute atomic E-state index is 0.0754. The second-order valence-corrected chi connectivity index (χ2v) is 4.80. The quantitative estimate of drug-likeness (QED) is 0.761. The van der Waals surface area contributed by atoms with E-state index in [0.717, 1.165) is 5.56 Å². The van der Waals surface area contributed by atoms with E-state index in [0.29, 0.717) is 0 Å². The normalized spacial score (nSPS) is 15.4. The highest BCUT2D eigenvalue weighted by molar-refractivity contribution is 5.66. The fraction of sp³-hybridized carbons (Fsp3) is 0.467. The Labute approximate surface area is 114 Å². The molecule has 0 N–H and O–H groups in total. The first-order valence-electron chi connectivity index (χ1n) is 6.25. The summed E-state index contributed by atoms with van der Waals surface area (Å²) in [6, 6.07) is 11.9. The van der Waals surface area contributed by atoms with Crippen molar-refractivity contribution in [3.63, 3.8) is 0 Å². The van der Waals surface area contributed by atoms with E-state index in [1.165, 1.54) is 6.92 Å². The third-order valence-electron chi connectivity index (χ3n) is 3.27. The van der Waals surface area contributed by atoms with Gasteiger partial charge < -0.3 is 9.64 Å². The Bertz CT molecular complexity index is 451. The second kappa shape index (κ2) is 6.91. The Morgan fingerprint density at radius 2 is 1.89 bits per heavy atom. The number of likely N-dealkylation sites (N-methyl/N-ethyl adjacent to an activating group) is 1. The van der Waals surface area contributed by atoms with Crippen LogP contribution in [0.2, 0.25) is 0 Å². The molecule has 0 aliphatic heterocycles. The Morgan fingerprint density at radius 3 is 2.32 bits per heavy atom. The van der Waals surface area contributed by atoms with Crippen molar-refractivity contribution in [2.24, 2.45) is 0 Å². The lowest BCUT2D eigenvalue weighted by Crippen LogP contribution is -2.38. The van der Waals surface area contributed by atoms with Crippen LogP contribution in [-0.4, -0.2) is 37.1 Å². The molecule has 1 rings (SSSR count). The Morgan fingerprint density at radius 1 is 1.32 bits per heavy atom. The van der Waals surface area contributed by atoms with Crippen molar-refractivity contribution in [3.05, 3.63) is 35.9 Å². The highest BCUT2D eigenvalue weighted by Crippen LogP contribution is 2.27. The third kappa shape index (κ3) is 4.08. The van der Waals surface area contributed by atoms with Crippen LogP contribution in [0, 0.1) is 11.3 Å². The molecule has 4 heteroatoms. The van der Waals surface area contributed by atoms with Gasteiger partial charge in [0, 0.05) is 18.9 Å². The van der Waals surface area contributed by atoms with Crippen LogP contribution in [0.5, 0.6) is 0 Å². The summed E-state index contributed by atoms with van der Waals surface area (Å²) >= 11 is 0. The van der Waals surface area contributed by atoms with Gasteiger partial charge in [-0.1, -0.05) is 30.3 Å². The molecule has 0 spiro atoms. The summed E-state index contributed by atoms with van der Waals surface area (Å²) < 4.78 is 5.16. The highest BCUT2D eigenvalue weighted by atomic mass is 16.5. The van der Waals surface area contributed by atoms with Crippen LogP contribution in [-0.2, 0) is 9.53 Å². The Kier molecular flexibility index (Phi) is 5.53. The van der Waals surface area contributed by atoms with E-state index in [1.807, 2.05) is 56.3 Å². The minimum atomic E-state index is -0.780. The molecule has 19 heavy (non-hydrogen) atoms. The lowest BCUT2D eigenvalue weighted by Gasteiger charge is -2.32. The van der Waals surface area contributed by atoms with Crippen molar-refractivity contribution in [1.82, 2.24) is 4.90 Å². The summed E-state index contributed by atoms with van der Waals surface area (Å²) in [4.78, 5) is 13.2. The molecular weight excluding hydrogens is 240 g/mol. The van der Waals surface area contributed by atoms with Crippen LogP contribution >= 0.6 is 0 Å². The number of nitriles is 1. The molecule has 0 heterocycles. The molecule has 0 amide bonds. The van der Waals surface area contributed by atoms with Gasteiger partial charge in [0.1, 0.15) is 6.07 Å². The standard InChI is InChI=1S/C15H20N2O2/c1-11(17(3)4)15(13-8-6-5-7-9-13)14(10-16)19-12(2)18/h5-9,11,14-15H,1-4H3/t11-,14?,15+/m0/s1. The molecule has 0 fully saturated rings. The molecule has 1 unspecified atom stereocenters. The van der Waals surface area contributed by atoms with E-state index < -0.39 is 12.1 Å². The van der Waals surface area contributed by atoms with E-state index in [-0.39, 0.29) is 12.0 Å². The summed E-state index contributed by atoms with van der Waals surface area (Å²) in [5, 5.41) is 9.29. The molecule has 4 nitrogen and oxygen atoms in total. The van der Waals surface area contributed by atoms with E-state index >= 15 is 0 Å². The molecule has 3 atom stereocenters. The molecular formula is C15H20N2O2. The van der Waals surface area contributed by atoms with Crippen LogP contribution in [0.1, 0.15) is 25.3 Å². The predicted molar refractivity (Wildman–Crippen MR) is 73.5 cm³/mol. The van der Waals surface area contributed by atoms with Crippen molar-refractivity contribution in [1.29, 1.82) is 5.26 Å². The van der Waals surface area contributed by atoms with E-state index in [4.69, 9.17) is 4.74 Å². The largest absolute Gasteiger partial charge is 0.446 e. The van der Waals surface area contributed by atoms with Crippen LogP contribution in [0.25, 0.3) is 0 Å². The van der Waals surface area contributed by atoms with Crippen LogP contribution in [0.3, 0.4) is 0 Å². The van der Waals surface area contributed by atoms with Crippen LogP contribution in [0.15, 0.2) is 30.3 Å². The third-order valence-corrected chi connectivity index (χ3v) is 3.27. The zero-order valence-corrected chi connectivity index (χ0v) is 11.8. The molecule has 102 valence electrons. The van der Waals surface area contributed by atoms with Crippen LogP contribution < -0.4 is 0 Å². The summed E-state index contributed by atoms with van der Waals surface area (Å²) in [6.07, 6.45) is -0.780. The van der Waals surface area contributed by atoms with Gasteiger partial charge in [0.05, 0.1) is 0 Å². The summed E-state index contributed by atoms with van der Waals surface area (Å²) in [5.74, 6) is -0.608. The molecule has 0 aliphatic carbocycles. The van der Waals surface area contributed by atoms with Gasteiger partial charge in [-0.15, -0.1) is 0 Å². The maximum Gasteiger partial charge on any atom is 0.303 e. The summed E-state index contributed by atoms with van der Waals surface area (Å²) in [7, 11) is 3.89. The van der Waals surface area contributed by atoms with Crippen molar-refractivity contribution in [3.8, 4) is 6.07 Å². The first-order valence-corrected chi connectivity index (χ1v) is 6.25. The van der Waals surface area contributed by atoms with Crippen molar-refractivity contribution in [2.45, 2.75) is 31.9 Å². The highest BCUT2D eigenvalue weighted by Gasteiger charge is 2.31. The van der Waals surface area contributed by atoms with Crippen molar-refractivity contribution < 1.29 is 9.53 Å². The second-order valence-electron chi connectivity index (χ2n) is 4.80. The monoisotopic (exact) mass is 260 g/mol. The average Bonchev–Trinajstić information content (AvgIpc) is 2.38. The number of hydrogen-bond acceptors (Lipinski definition) is 4. The SMILES string of the molecule is CC(=O)OC(C#N)[C@@H](c1ccccc1)[C@H](C)N(C)C. The topological polar surface area (TPSA) is 53.3 Å². The number of benzene rings is 1. The van der Waals surface area contributed by atoms with Gasteiger partial charge in [-0.25, -0.2) is 0 Å². The van der Waals surface area contributed by atoms with E-state index in [1.54, 1.807) is 0 Å². The number of carbonyl (C=O) groups is 1. The van der Waals surface area contributed by atoms with Gasteiger partial charge in [0.2, 0.25) is 0 Å². The number of rotatable bonds is 5. The van der Waals surface area contributed by atoms with Crippen LogP contribution in [0.4, 0.5) is 0 Å². The average molecular weight is 260 g/mol. The number of hydrogen-bond donors (Lipinski definition) is 0. The lowest BCUT2D eigenvalue weighted by atomic mass is 9.87. The molecule has 0 aromatic heterocycles. The van der Waals surface area contributed by atoms with Gasteiger partial charge in [-0.2, -0.15) is 5.26 Å². The molecule has 0 radical (unpaired) electrons. The molecule has 1 aromatic carbocycles. The summed E-state index contributed by atoms with van der Waals surface area (Å²) in [5.41, 5.74) is 0.997. The molecule has 0 aliphatic rings. The first kappa shape index (κ1) is 15.2. The van der Waals surface area contributed by atoms with Crippen molar-refractivity contribution in [2.75, 3.05) is 14.1 Å². The minimum Gasteiger partial charge on any atom is -0.446 e. The van der Waals surface area contributed by atoms with Gasteiger partial charge in [0.15, 0.2) is 6.10 Å². The Hall–Kier alpha value is -1.86. The predicted octanol–water partition coefficient (Wildman–Crippen LogP) is 2.18. The van der Waals surface area contributed by atoms with Crippen molar-refractivity contribution >= 4 is 5.97 Å². The lowest BCUT2D eigenvalue weighted by molar-refractivity contribution is -0.145. The maximum atomic E-state index is 11.2. The molecule has 0 saturated carbocycles. The number of carbonyl (C=O) groups excluding carboxylic acids is 1. The number of esters is 1. The summed E-state index contributed by atoms with van der Waals surface area (Å²) in [6.45, 7) is 3.35. The number of ether oxygens (including phenoxy) is 1. The fourth-order valence-electron chi connectivity index (χ4n) is 2.06. The molecule has 1 aromatic rings. The first-order chi connectivity index (χ1) is 8.97. The zero-order chi connectivity index (χ0) is 14.4. The van der Waals surface area contributed by atoms with Gasteiger partial charge in [-0.05, 0) is 26.6 Å². The smallest absolute Gasteiger partial charge is 0.303 e. The number of nitrogens with zero attached hydrogens (tertiary/aromatic N) is 2.